The predicted octanol–water partition coefficient (Wildman–Crippen LogP) is 12.8. The van der Waals surface area contributed by atoms with Crippen LogP contribution in [0.15, 0.2) is 194 Å². The summed E-state index contributed by atoms with van der Waals surface area (Å²) in [7, 11) is 0. The molecule has 1 aliphatic carbocycles. The molecule has 2 aliphatic rings. The lowest BCUT2D eigenvalue weighted by molar-refractivity contribution is 0.436. The van der Waals surface area contributed by atoms with Gasteiger partial charge in [-0.3, -0.25) is 0 Å². The second kappa shape index (κ2) is 12.0. The monoisotopic (exact) mass is 688 g/mol. The highest BCUT2D eigenvalue weighted by molar-refractivity contribution is 5.90. The van der Waals surface area contributed by atoms with Gasteiger partial charge in [0.1, 0.15) is 11.5 Å². The zero-order valence-electron chi connectivity index (χ0n) is 29.3. The Morgan fingerprint density at radius 1 is 0.333 bits per heavy atom. The van der Waals surface area contributed by atoms with E-state index < -0.39 is 5.41 Å². The quantitative estimate of drug-likeness (QED) is 0.185. The predicted molar refractivity (Wildman–Crippen MR) is 219 cm³/mol. The Morgan fingerprint density at radius 2 is 0.907 bits per heavy atom. The van der Waals surface area contributed by atoms with Crippen molar-refractivity contribution in [2.75, 3.05) is 0 Å². The highest BCUT2D eigenvalue weighted by Crippen LogP contribution is 2.62. The van der Waals surface area contributed by atoms with Crippen LogP contribution < -0.4 is 4.74 Å². The molecular formula is C51H32N2O. The zero-order chi connectivity index (χ0) is 35.6. The molecule has 9 aromatic rings. The van der Waals surface area contributed by atoms with Crippen LogP contribution in [0.5, 0.6) is 11.5 Å². The van der Waals surface area contributed by atoms with Gasteiger partial charge < -0.3 is 4.74 Å². The Labute approximate surface area is 313 Å². The Balaban J connectivity index is 1.05. The van der Waals surface area contributed by atoms with Crippen LogP contribution in [-0.4, -0.2) is 9.97 Å². The minimum Gasteiger partial charge on any atom is -0.457 e. The fraction of sp³-hybridized carbons (Fsp3) is 0.0196. The highest BCUT2D eigenvalue weighted by atomic mass is 16.5. The fourth-order valence-corrected chi connectivity index (χ4v) is 8.71. The second-order valence-corrected chi connectivity index (χ2v) is 14.1. The van der Waals surface area contributed by atoms with E-state index in [-0.39, 0.29) is 0 Å². The number of nitrogens with zero attached hydrogens (tertiary/aromatic N) is 2. The molecular weight excluding hydrogens is 657 g/mol. The van der Waals surface area contributed by atoms with Gasteiger partial charge in [-0.1, -0.05) is 164 Å². The van der Waals surface area contributed by atoms with Crippen molar-refractivity contribution in [3.05, 3.63) is 216 Å². The summed E-state index contributed by atoms with van der Waals surface area (Å²) in [4.78, 5) is 10.3. The van der Waals surface area contributed by atoms with Crippen molar-refractivity contribution in [2.24, 2.45) is 0 Å². The average Bonchev–Trinajstić information content (AvgIpc) is 3.54. The molecule has 1 spiro atoms. The van der Waals surface area contributed by atoms with Gasteiger partial charge in [0.15, 0.2) is 5.82 Å². The Bertz CT molecular complexity index is 2880. The first kappa shape index (κ1) is 30.5. The van der Waals surface area contributed by atoms with Gasteiger partial charge in [-0.05, 0) is 74.5 Å². The third-order valence-corrected chi connectivity index (χ3v) is 11.1. The molecule has 0 saturated heterocycles. The Morgan fingerprint density at radius 3 is 1.70 bits per heavy atom. The molecule has 0 N–H and O–H groups in total. The summed E-state index contributed by atoms with van der Waals surface area (Å²) in [6.45, 7) is 0. The van der Waals surface area contributed by atoms with Crippen molar-refractivity contribution in [1.82, 2.24) is 9.97 Å². The first-order valence-electron chi connectivity index (χ1n) is 18.4. The SMILES string of the molecule is c1ccc(-c2cc(-c3ccc4ccccc4c3)nc(-c3cccc(-c4ccc5c(c4)Oc4ccccc4C54c5ccccc5-c5ccccc54)c3)n2)cc1. The van der Waals surface area contributed by atoms with Gasteiger partial charge in [0.25, 0.3) is 0 Å². The zero-order valence-corrected chi connectivity index (χ0v) is 29.3. The normalized spacial score (nSPS) is 13.1. The lowest BCUT2D eigenvalue weighted by atomic mass is 9.66. The molecule has 0 saturated carbocycles. The summed E-state index contributed by atoms with van der Waals surface area (Å²) in [6.07, 6.45) is 0. The van der Waals surface area contributed by atoms with E-state index in [9.17, 15) is 0 Å². The lowest BCUT2D eigenvalue weighted by Crippen LogP contribution is -2.32. The number of hydrogen-bond donors (Lipinski definition) is 0. The summed E-state index contributed by atoms with van der Waals surface area (Å²) in [5.74, 6) is 2.43. The second-order valence-electron chi connectivity index (χ2n) is 14.1. The molecule has 1 aliphatic heterocycles. The summed E-state index contributed by atoms with van der Waals surface area (Å²) < 4.78 is 6.81. The molecule has 2 heterocycles. The van der Waals surface area contributed by atoms with Crippen molar-refractivity contribution in [1.29, 1.82) is 0 Å². The molecule has 0 fully saturated rings. The van der Waals surface area contributed by atoms with Crippen LogP contribution in [0.2, 0.25) is 0 Å². The lowest BCUT2D eigenvalue weighted by Gasteiger charge is -2.39. The molecule has 3 nitrogen and oxygen atoms in total. The first-order chi connectivity index (χ1) is 26.7. The van der Waals surface area contributed by atoms with Crippen LogP contribution in [0, 0.1) is 0 Å². The number of aromatic nitrogens is 2. The molecule has 0 bridgehead atoms. The number of para-hydroxylation sites is 1. The largest absolute Gasteiger partial charge is 0.457 e. The molecule has 54 heavy (non-hydrogen) atoms. The van der Waals surface area contributed by atoms with E-state index in [0.29, 0.717) is 5.82 Å². The van der Waals surface area contributed by atoms with Crippen LogP contribution in [-0.2, 0) is 5.41 Å². The van der Waals surface area contributed by atoms with Crippen molar-refractivity contribution in [3.8, 4) is 67.7 Å². The van der Waals surface area contributed by atoms with Gasteiger partial charge in [-0.15, -0.1) is 0 Å². The maximum atomic E-state index is 6.81. The number of hydrogen-bond acceptors (Lipinski definition) is 3. The van der Waals surface area contributed by atoms with Crippen LogP contribution in [0.25, 0.3) is 66.9 Å². The van der Waals surface area contributed by atoms with Gasteiger partial charge in [0, 0.05) is 27.8 Å². The van der Waals surface area contributed by atoms with E-state index in [4.69, 9.17) is 14.7 Å². The van der Waals surface area contributed by atoms with E-state index in [1.807, 2.05) is 6.07 Å². The molecule has 0 amide bonds. The summed E-state index contributed by atoms with van der Waals surface area (Å²) in [6, 6.07) is 68.9. The molecule has 11 rings (SSSR count). The van der Waals surface area contributed by atoms with Crippen molar-refractivity contribution >= 4 is 10.8 Å². The van der Waals surface area contributed by atoms with Crippen LogP contribution in [0.1, 0.15) is 22.3 Å². The summed E-state index contributed by atoms with van der Waals surface area (Å²) >= 11 is 0. The van der Waals surface area contributed by atoms with E-state index in [2.05, 4.69) is 188 Å². The van der Waals surface area contributed by atoms with Crippen LogP contribution >= 0.6 is 0 Å². The summed E-state index contributed by atoms with van der Waals surface area (Å²) in [5.41, 5.74) is 13.9. The highest BCUT2D eigenvalue weighted by Gasteiger charge is 2.50. The fourth-order valence-electron chi connectivity index (χ4n) is 8.71. The standard InChI is InChI=1S/C51H32N2O/c1-2-14-34(15-3-1)46-32-47(38-26-25-33-13-4-5-16-35(33)29-38)53-50(52-46)39-18-12-17-36(30-39)37-27-28-45-49(31-37)54-48-24-11-10-23-44(48)51(45)42-21-8-6-19-40(42)41-20-7-9-22-43(41)51/h1-32H. The van der Waals surface area contributed by atoms with Crippen molar-refractivity contribution < 1.29 is 4.74 Å². The van der Waals surface area contributed by atoms with Crippen LogP contribution in [0.4, 0.5) is 0 Å². The van der Waals surface area contributed by atoms with Crippen molar-refractivity contribution in [2.45, 2.75) is 5.41 Å². The summed E-state index contributed by atoms with van der Waals surface area (Å²) in [5, 5.41) is 2.39. The number of ether oxygens (including phenoxy) is 1. The average molecular weight is 689 g/mol. The topological polar surface area (TPSA) is 35.0 Å². The maximum absolute atomic E-state index is 6.81. The molecule has 0 unspecified atom stereocenters. The smallest absolute Gasteiger partial charge is 0.160 e. The first-order valence-corrected chi connectivity index (χ1v) is 18.4. The Kier molecular flexibility index (Phi) is 6.77. The third kappa shape index (κ3) is 4.62. The third-order valence-electron chi connectivity index (χ3n) is 11.1. The minimum atomic E-state index is -0.484. The molecule has 3 heteroatoms. The van der Waals surface area contributed by atoms with Gasteiger partial charge in [0.05, 0.1) is 16.8 Å². The van der Waals surface area contributed by atoms with Gasteiger partial charge in [-0.2, -0.15) is 0 Å². The van der Waals surface area contributed by atoms with Gasteiger partial charge in [0.2, 0.25) is 0 Å². The minimum absolute atomic E-state index is 0.484. The number of benzene rings is 8. The van der Waals surface area contributed by atoms with Gasteiger partial charge in [-0.25, -0.2) is 9.97 Å². The van der Waals surface area contributed by atoms with Gasteiger partial charge >= 0.3 is 0 Å². The van der Waals surface area contributed by atoms with Crippen molar-refractivity contribution in [3.63, 3.8) is 0 Å². The molecule has 8 aromatic carbocycles. The van der Waals surface area contributed by atoms with E-state index >= 15 is 0 Å². The van der Waals surface area contributed by atoms with E-state index in [0.717, 1.165) is 56.3 Å². The van der Waals surface area contributed by atoms with E-state index in [1.54, 1.807) is 0 Å². The Hall–Kier alpha value is -7.10. The number of rotatable bonds is 4. The maximum Gasteiger partial charge on any atom is 0.160 e. The van der Waals surface area contributed by atoms with Crippen LogP contribution in [0.3, 0.4) is 0 Å². The molecule has 0 radical (unpaired) electrons. The molecule has 0 atom stereocenters. The number of fused-ring (bicyclic) bond motifs is 10. The molecule has 252 valence electrons. The molecule has 1 aromatic heterocycles. The van der Waals surface area contributed by atoms with E-state index in [1.165, 1.54) is 38.6 Å².